The molecule has 202 valence electrons. The quantitative estimate of drug-likeness (QED) is 0.180. The summed E-state index contributed by atoms with van der Waals surface area (Å²) in [6, 6.07) is 0. The number of nitrogens with one attached hydrogen (secondary N) is 1. The number of aliphatic hydroxyl groups is 2. The van der Waals surface area contributed by atoms with E-state index in [-0.39, 0.29) is 58.9 Å². The van der Waals surface area contributed by atoms with Crippen LogP contribution in [-0.4, -0.2) is 62.4 Å². The van der Waals surface area contributed by atoms with Crippen molar-refractivity contribution in [1.29, 1.82) is 0 Å². The van der Waals surface area contributed by atoms with Gasteiger partial charge in [-0.05, 0) is 0 Å². The molecule has 0 saturated carbocycles. The van der Waals surface area contributed by atoms with E-state index >= 15 is 0 Å². The zero-order valence-electron chi connectivity index (χ0n) is 19.1. The normalized spacial score (nSPS) is 21.0. The molecule has 3 aromatic rings. The molecular weight excluding hydrogens is 533 g/mol. The van der Waals surface area contributed by atoms with Crippen molar-refractivity contribution in [3.8, 4) is 0 Å². The number of rotatable bonds is 8. The van der Waals surface area contributed by atoms with Gasteiger partial charge in [0, 0.05) is 0 Å². The minimum Gasteiger partial charge on any atom is -0.508 e. The second-order valence-corrected chi connectivity index (χ2v) is 9.32. The molecule has 0 amide bonds. The Morgan fingerprint density at radius 1 is 1.11 bits per heavy atom. The van der Waals surface area contributed by atoms with Crippen molar-refractivity contribution in [2.75, 3.05) is 24.7 Å². The van der Waals surface area contributed by atoms with Crippen molar-refractivity contribution in [3.63, 3.8) is 0 Å². The van der Waals surface area contributed by atoms with Crippen LogP contribution in [0, 0.1) is 0 Å². The van der Waals surface area contributed by atoms with Crippen molar-refractivity contribution in [1.82, 2.24) is 34.1 Å². The summed E-state index contributed by atoms with van der Waals surface area (Å²) < 4.78 is 36.0. The van der Waals surface area contributed by atoms with Gasteiger partial charge in [-0.15, -0.1) is 0 Å². The molecule has 0 fully saturated rings. The van der Waals surface area contributed by atoms with E-state index in [9.17, 15) is 29.3 Å². The summed E-state index contributed by atoms with van der Waals surface area (Å²) in [4.78, 5) is 51.7. The van der Waals surface area contributed by atoms with Gasteiger partial charge in [0.1, 0.15) is 31.6 Å². The van der Waals surface area contributed by atoms with Gasteiger partial charge in [0.2, 0.25) is 11.9 Å². The third-order valence-electron chi connectivity index (χ3n) is 5.46. The highest BCUT2D eigenvalue weighted by atomic mass is 31.2. The number of hydrogen-bond donors (Lipinski definition) is 6. The smallest absolute Gasteiger partial charge is 0.508 e. The number of nitrogens with two attached hydrogens (primary N) is 2. The Kier molecular flexibility index (Phi) is 6.27. The molecule has 3 atom stereocenters. The first-order valence-corrected chi connectivity index (χ1v) is 12.2. The van der Waals surface area contributed by atoms with Gasteiger partial charge in [-0.2, -0.15) is 9.97 Å². The molecule has 0 saturated heterocycles. The van der Waals surface area contributed by atoms with Crippen LogP contribution in [0.1, 0.15) is 25.3 Å². The Hall–Kier alpha value is -4.45. The Balaban J connectivity index is 1.24. The number of nitrogens with zero attached hydrogens (tertiary/aromatic N) is 6. The number of H-pyrrole nitrogens is 1. The van der Waals surface area contributed by atoms with Gasteiger partial charge in [0.05, 0.1) is 12.8 Å². The summed E-state index contributed by atoms with van der Waals surface area (Å²) in [5, 5.41) is 19.9. The summed E-state index contributed by atoms with van der Waals surface area (Å²) in [7, 11) is -4.85. The Bertz CT molecular complexity index is 1640. The number of aliphatic hydroxyl groups excluding tert-OH is 2. The molecule has 5 heterocycles. The molecule has 20 heteroatoms. The summed E-state index contributed by atoms with van der Waals surface area (Å²) in [5.41, 5.74) is 9.69. The molecule has 5 rings (SSSR count). The molecule has 0 aromatic carbocycles. The fourth-order valence-electron chi connectivity index (χ4n) is 3.75. The number of nitrogen functional groups attached to an aromatic ring is 2. The number of ether oxygens (including phenoxy) is 2. The molecule has 19 nitrogen and oxygen atoms in total. The third-order valence-corrected chi connectivity index (χ3v) is 6.37. The lowest BCUT2D eigenvalue weighted by atomic mass is 10.3. The van der Waals surface area contributed by atoms with Crippen LogP contribution in [0.15, 0.2) is 45.3 Å². The molecule has 2 aliphatic rings. The molecule has 0 bridgehead atoms. The van der Waals surface area contributed by atoms with E-state index in [1.165, 1.54) is 10.9 Å². The average Bonchev–Trinajstić information content (AvgIpc) is 3.54. The molecule has 2 aliphatic heterocycles. The van der Waals surface area contributed by atoms with Crippen LogP contribution in [0.2, 0.25) is 0 Å². The molecule has 1 unspecified atom stereocenters. The van der Waals surface area contributed by atoms with E-state index in [4.69, 9.17) is 30.0 Å². The van der Waals surface area contributed by atoms with Crippen molar-refractivity contribution in [2.24, 2.45) is 0 Å². The van der Waals surface area contributed by atoms with E-state index in [1.807, 2.05) is 0 Å². The number of phosphoric acid groups is 1. The SMILES string of the molecule is Nc1ncn([C@H]2CC(OP(=O)(O)OCC3=C(O)C[C@H](n4cnc5c(=O)[nH]c(N)nc54)O3)=C(CO)O2)c(=O)n1. The number of phosphoric ester groups is 1. The van der Waals surface area contributed by atoms with Crippen molar-refractivity contribution in [2.45, 2.75) is 25.3 Å². The molecular formula is C18H20N9O10P. The molecule has 8 N–H and O–H groups in total. The first-order valence-electron chi connectivity index (χ1n) is 10.7. The number of imidazole rings is 1. The maximum Gasteiger partial charge on any atom is 0.527 e. The number of hydrogen-bond acceptors (Lipinski definition) is 15. The molecule has 3 aromatic heterocycles. The molecule has 0 spiro atoms. The fraction of sp³-hybridized carbons (Fsp3) is 0.333. The fourth-order valence-corrected chi connectivity index (χ4v) is 4.54. The highest BCUT2D eigenvalue weighted by Crippen LogP contribution is 2.50. The van der Waals surface area contributed by atoms with Crippen LogP contribution in [0.3, 0.4) is 0 Å². The number of aromatic amines is 1. The topological polar surface area (TPSA) is 278 Å². The zero-order valence-corrected chi connectivity index (χ0v) is 20.0. The first-order chi connectivity index (χ1) is 18.0. The summed E-state index contributed by atoms with van der Waals surface area (Å²) in [5.74, 6) is -1.36. The lowest BCUT2D eigenvalue weighted by Crippen LogP contribution is -2.28. The van der Waals surface area contributed by atoms with Crippen molar-refractivity contribution < 1.29 is 38.2 Å². The Morgan fingerprint density at radius 3 is 2.55 bits per heavy atom. The predicted octanol–water partition coefficient (Wildman–Crippen LogP) is -1.12. The number of anilines is 2. The summed E-state index contributed by atoms with van der Waals surface area (Å²) >= 11 is 0. The Labute approximate surface area is 210 Å². The second kappa shape index (κ2) is 9.45. The van der Waals surface area contributed by atoms with E-state index in [1.54, 1.807) is 0 Å². The highest BCUT2D eigenvalue weighted by molar-refractivity contribution is 7.47. The predicted molar refractivity (Wildman–Crippen MR) is 123 cm³/mol. The van der Waals surface area contributed by atoms with Gasteiger partial charge in [0.25, 0.3) is 5.56 Å². The van der Waals surface area contributed by atoms with Crippen molar-refractivity contribution >= 4 is 30.9 Å². The first kappa shape index (κ1) is 25.2. The maximum atomic E-state index is 12.6. The van der Waals surface area contributed by atoms with Gasteiger partial charge in [0.15, 0.2) is 40.9 Å². The van der Waals surface area contributed by atoms with Gasteiger partial charge >= 0.3 is 13.5 Å². The molecule has 0 radical (unpaired) electrons. The monoisotopic (exact) mass is 553 g/mol. The molecule has 0 aliphatic carbocycles. The van der Waals surface area contributed by atoms with Gasteiger partial charge < -0.3 is 35.7 Å². The summed E-state index contributed by atoms with van der Waals surface area (Å²) in [6.45, 7) is -1.40. The van der Waals surface area contributed by atoms with Crippen LogP contribution in [-0.2, 0) is 23.1 Å². The average molecular weight is 553 g/mol. The standard InChI is InChI=1S/C18H20N9O10P/c19-16-22-6-27(18(31)25-16)12-2-8(9(3-28)35-12)37-38(32,33)34-4-10-7(29)1-11(36-10)26-5-21-13-14(26)23-17(20)24-15(13)30/h5-6,11-12,28-29H,1-4H2,(H,32,33)(H2,19,25,31)(H3,20,23,24,30)/t11-,12-/m1/s1. The second-order valence-electron chi connectivity index (χ2n) is 7.94. The molecule has 38 heavy (non-hydrogen) atoms. The maximum absolute atomic E-state index is 12.6. The Morgan fingerprint density at radius 2 is 1.82 bits per heavy atom. The van der Waals surface area contributed by atoms with E-state index in [0.717, 1.165) is 10.9 Å². The van der Waals surface area contributed by atoms with Crippen LogP contribution in [0.25, 0.3) is 11.2 Å². The van der Waals surface area contributed by atoms with Gasteiger partial charge in [-0.25, -0.2) is 23.9 Å². The van der Waals surface area contributed by atoms with Crippen LogP contribution in [0.4, 0.5) is 11.9 Å². The number of aromatic nitrogens is 7. The largest absolute Gasteiger partial charge is 0.527 e. The minimum absolute atomic E-state index is 0.00176. The van der Waals surface area contributed by atoms with Crippen LogP contribution < -0.4 is 22.7 Å². The summed E-state index contributed by atoms with van der Waals surface area (Å²) in [6.07, 6.45) is 0.0140. The van der Waals surface area contributed by atoms with Crippen molar-refractivity contribution in [3.05, 3.63) is 56.5 Å². The van der Waals surface area contributed by atoms with Gasteiger partial charge in [-0.3, -0.25) is 23.8 Å². The van der Waals surface area contributed by atoms with E-state index in [2.05, 4.69) is 24.9 Å². The third kappa shape index (κ3) is 4.77. The van der Waals surface area contributed by atoms with Crippen LogP contribution in [0.5, 0.6) is 0 Å². The lowest BCUT2D eigenvalue weighted by molar-refractivity contribution is 0.0583. The lowest BCUT2D eigenvalue weighted by Gasteiger charge is -2.16. The zero-order chi connectivity index (χ0) is 27.2. The van der Waals surface area contributed by atoms with Crippen LogP contribution >= 0.6 is 7.82 Å². The number of fused-ring (bicyclic) bond motifs is 1. The minimum atomic E-state index is -4.85. The van der Waals surface area contributed by atoms with Gasteiger partial charge in [-0.1, -0.05) is 0 Å². The van der Waals surface area contributed by atoms with E-state index < -0.39 is 44.7 Å². The highest BCUT2D eigenvalue weighted by Gasteiger charge is 2.36. The van der Waals surface area contributed by atoms with E-state index in [0.29, 0.717) is 0 Å².